The van der Waals surface area contributed by atoms with Crippen molar-refractivity contribution in [3.63, 3.8) is 0 Å². The molecule has 3 aromatic rings. The lowest BCUT2D eigenvalue weighted by Gasteiger charge is -2.35. The van der Waals surface area contributed by atoms with E-state index in [0.717, 1.165) is 55.7 Å². The molecule has 6 heteroatoms. The quantitative estimate of drug-likeness (QED) is 0.617. The standard InChI is InChI=1S/C24H26F2N4/c1-18-6-3-4-8-24(18)30-19(2)20(17-27-30)7-5-9-28-10-12-29(13-11-28)23-15-21(25)14-22(26)16-23/h3-8,14-17H,9-13H2,1-2H3/b7-5+. The maximum atomic E-state index is 13.5. The van der Waals surface area contributed by atoms with Crippen molar-refractivity contribution in [3.8, 4) is 5.69 Å². The van der Waals surface area contributed by atoms with Crippen LogP contribution >= 0.6 is 0 Å². The number of nitrogens with zero attached hydrogens (tertiary/aromatic N) is 4. The highest BCUT2D eigenvalue weighted by atomic mass is 19.1. The number of halogens is 2. The third-order valence-electron chi connectivity index (χ3n) is 5.64. The second-order valence-corrected chi connectivity index (χ2v) is 7.70. The Bertz CT molecular complexity index is 1030. The molecule has 0 amide bonds. The third kappa shape index (κ3) is 4.44. The largest absolute Gasteiger partial charge is 0.369 e. The van der Waals surface area contributed by atoms with E-state index in [1.165, 1.54) is 17.7 Å². The predicted octanol–water partition coefficient (Wildman–Crippen LogP) is 4.60. The van der Waals surface area contributed by atoms with Crippen LogP contribution in [-0.4, -0.2) is 47.4 Å². The van der Waals surface area contributed by atoms with Gasteiger partial charge in [-0.2, -0.15) is 5.10 Å². The first-order valence-electron chi connectivity index (χ1n) is 10.2. The Morgan fingerprint density at radius 3 is 2.37 bits per heavy atom. The normalized spacial score (nSPS) is 15.3. The van der Waals surface area contributed by atoms with Crippen LogP contribution in [0, 0.1) is 25.5 Å². The van der Waals surface area contributed by atoms with E-state index >= 15 is 0 Å². The van der Waals surface area contributed by atoms with Gasteiger partial charge in [0, 0.05) is 55.7 Å². The molecule has 0 aliphatic carbocycles. The molecule has 4 rings (SSSR count). The Labute approximate surface area is 176 Å². The van der Waals surface area contributed by atoms with Crippen LogP contribution in [0.2, 0.25) is 0 Å². The van der Waals surface area contributed by atoms with Crippen LogP contribution in [0.5, 0.6) is 0 Å². The zero-order valence-electron chi connectivity index (χ0n) is 17.4. The summed E-state index contributed by atoms with van der Waals surface area (Å²) >= 11 is 0. The number of piperazine rings is 1. The molecule has 1 saturated heterocycles. The van der Waals surface area contributed by atoms with Crippen molar-refractivity contribution in [1.29, 1.82) is 0 Å². The summed E-state index contributed by atoms with van der Waals surface area (Å²) in [6.07, 6.45) is 6.17. The molecule has 4 nitrogen and oxygen atoms in total. The lowest BCUT2D eigenvalue weighted by Crippen LogP contribution is -2.46. The summed E-state index contributed by atoms with van der Waals surface area (Å²) in [5.41, 5.74) is 5.11. The summed E-state index contributed by atoms with van der Waals surface area (Å²) < 4.78 is 28.9. The van der Waals surface area contributed by atoms with Crippen LogP contribution in [0.1, 0.15) is 16.8 Å². The molecule has 1 aliphatic heterocycles. The van der Waals surface area contributed by atoms with Crippen molar-refractivity contribution >= 4 is 11.8 Å². The number of hydrogen-bond acceptors (Lipinski definition) is 3. The van der Waals surface area contributed by atoms with Crippen molar-refractivity contribution in [2.45, 2.75) is 13.8 Å². The first-order chi connectivity index (χ1) is 14.5. The topological polar surface area (TPSA) is 24.3 Å². The van der Waals surface area contributed by atoms with E-state index in [0.29, 0.717) is 5.69 Å². The minimum absolute atomic E-state index is 0.531. The molecule has 1 fully saturated rings. The second kappa shape index (κ2) is 8.79. The van der Waals surface area contributed by atoms with Gasteiger partial charge in [-0.25, -0.2) is 13.5 Å². The molecule has 0 bridgehead atoms. The fraction of sp³-hybridized carbons (Fsp3) is 0.292. The molecule has 0 unspecified atom stereocenters. The average molecular weight is 408 g/mol. The molecule has 2 heterocycles. The molecule has 0 radical (unpaired) electrons. The number of rotatable bonds is 5. The first-order valence-corrected chi connectivity index (χ1v) is 10.2. The maximum absolute atomic E-state index is 13.5. The van der Waals surface area contributed by atoms with E-state index in [4.69, 9.17) is 0 Å². The number of para-hydroxylation sites is 1. The van der Waals surface area contributed by atoms with E-state index in [2.05, 4.69) is 48.1 Å². The van der Waals surface area contributed by atoms with Crippen LogP contribution in [0.4, 0.5) is 14.5 Å². The minimum Gasteiger partial charge on any atom is -0.369 e. The summed E-state index contributed by atoms with van der Waals surface area (Å²) in [6.45, 7) is 8.20. The monoisotopic (exact) mass is 408 g/mol. The van der Waals surface area contributed by atoms with Crippen LogP contribution in [0.15, 0.2) is 54.7 Å². The van der Waals surface area contributed by atoms with E-state index in [9.17, 15) is 8.78 Å². The Kier molecular flexibility index (Phi) is 5.95. The van der Waals surface area contributed by atoms with Crippen LogP contribution in [0.3, 0.4) is 0 Å². The zero-order valence-corrected chi connectivity index (χ0v) is 17.4. The summed E-state index contributed by atoms with van der Waals surface area (Å²) in [7, 11) is 0. The summed E-state index contributed by atoms with van der Waals surface area (Å²) in [6, 6.07) is 11.9. The minimum atomic E-state index is -0.531. The summed E-state index contributed by atoms with van der Waals surface area (Å²) in [5.74, 6) is -1.06. The fourth-order valence-corrected chi connectivity index (χ4v) is 3.87. The number of anilines is 1. The van der Waals surface area contributed by atoms with Gasteiger partial charge in [-0.15, -0.1) is 0 Å². The number of benzene rings is 2. The molecule has 0 N–H and O–H groups in total. The Morgan fingerprint density at radius 1 is 0.967 bits per heavy atom. The van der Waals surface area contributed by atoms with Gasteiger partial charge in [-0.3, -0.25) is 4.90 Å². The summed E-state index contributed by atoms with van der Waals surface area (Å²) in [4.78, 5) is 4.37. The van der Waals surface area contributed by atoms with Gasteiger partial charge in [0.2, 0.25) is 0 Å². The van der Waals surface area contributed by atoms with Gasteiger partial charge in [0.1, 0.15) is 11.6 Å². The molecule has 1 aromatic heterocycles. The molecule has 0 saturated carbocycles. The van der Waals surface area contributed by atoms with Crippen molar-refractivity contribution in [2.75, 3.05) is 37.6 Å². The van der Waals surface area contributed by atoms with E-state index < -0.39 is 11.6 Å². The highest BCUT2D eigenvalue weighted by Crippen LogP contribution is 2.20. The summed E-state index contributed by atoms with van der Waals surface area (Å²) in [5, 5.41) is 4.55. The highest BCUT2D eigenvalue weighted by Gasteiger charge is 2.17. The van der Waals surface area contributed by atoms with E-state index in [1.807, 2.05) is 27.9 Å². The SMILES string of the molecule is Cc1ccccc1-n1ncc(/C=C/CN2CCN(c3cc(F)cc(F)c3)CC2)c1C. The van der Waals surface area contributed by atoms with E-state index in [-0.39, 0.29) is 0 Å². The van der Waals surface area contributed by atoms with E-state index in [1.54, 1.807) is 0 Å². The van der Waals surface area contributed by atoms with Gasteiger partial charge in [-0.1, -0.05) is 30.4 Å². The number of hydrogen-bond donors (Lipinski definition) is 0. The lowest BCUT2D eigenvalue weighted by molar-refractivity contribution is 0.284. The average Bonchev–Trinajstić information content (AvgIpc) is 3.08. The smallest absolute Gasteiger partial charge is 0.128 e. The Hall–Kier alpha value is -2.99. The lowest BCUT2D eigenvalue weighted by atomic mass is 10.2. The van der Waals surface area contributed by atoms with Gasteiger partial charge >= 0.3 is 0 Å². The predicted molar refractivity (Wildman–Crippen MR) is 117 cm³/mol. The Morgan fingerprint density at radius 2 is 1.67 bits per heavy atom. The van der Waals surface area contributed by atoms with Crippen LogP contribution in [-0.2, 0) is 0 Å². The fourth-order valence-electron chi connectivity index (χ4n) is 3.87. The third-order valence-corrected chi connectivity index (χ3v) is 5.64. The molecular weight excluding hydrogens is 382 g/mol. The van der Waals surface area contributed by atoms with Crippen molar-refractivity contribution in [3.05, 3.63) is 83.2 Å². The highest BCUT2D eigenvalue weighted by molar-refractivity contribution is 5.53. The van der Waals surface area contributed by atoms with Gasteiger partial charge < -0.3 is 4.90 Å². The molecule has 30 heavy (non-hydrogen) atoms. The molecular formula is C24H26F2N4. The van der Waals surface area contributed by atoms with Crippen LogP contribution in [0.25, 0.3) is 11.8 Å². The number of aryl methyl sites for hydroxylation is 1. The molecule has 0 spiro atoms. The van der Waals surface area contributed by atoms with Crippen molar-refractivity contribution in [2.24, 2.45) is 0 Å². The van der Waals surface area contributed by atoms with Crippen molar-refractivity contribution in [1.82, 2.24) is 14.7 Å². The van der Waals surface area contributed by atoms with Gasteiger partial charge in [0.25, 0.3) is 0 Å². The Balaban J connectivity index is 1.34. The molecule has 2 aromatic carbocycles. The molecule has 156 valence electrons. The second-order valence-electron chi connectivity index (χ2n) is 7.70. The zero-order chi connectivity index (χ0) is 21.1. The molecule has 1 aliphatic rings. The maximum Gasteiger partial charge on any atom is 0.128 e. The first kappa shape index (κ1) is 20.3. The van der Waals surface area contributed by atoms with Crippen molar-refractivity contribution < 1.29 is 8.78 Å². The molecule has 0 atom stereocenters. The van der Waals surface area contributed by atoms with Gasteiger partial charge in [-0.05, 0) is 37.6 Å². The van der Waals surface area contributed by atoms with Gasteiger partial charge in [0.05, 0.1) is 11.9 Å². The van der Waals surface area contributed by atoms with Crippen LogP contribution < -0.4 is 4.90 Å². The number of aromatic nitrogens is 2. The van der Waals surface area contributed by atoms with Gasteiger partial charge in [0.15, 0.2) is 0 Å².